The molecular weight excluding hydrogens is 212 g/mol. The first-order valence-corrected chi connectivity index (χ1v) is 5.62. The van der Waals surface area contributed by atoms with Crippen LogP contribution in [0.4, 0.5) is 0 Å². The zero-order valence-corrected chi connectivity index (χ0v) is 9.58. The number of methoxy groups -OCH3 is 1. The highest BCUT2D eigenvalue weighted by Gasteiger charge is 2.12. The molecule has 0 aliphatic carbocycles. The normalized spacial score (nSPS) is 12.1. The highest BCUT2D eigenvalue weighted by molar-refractivity contribution is 7.99. The lowest BCUT2D eigenvalue weighted by atomic mass is 10.2. The Labute approximate surface area is 93.4 Å². The maximum Gasteiger partial charge on any atom is 0.307 e. The fourth-order valence-electron chi connectivity index (χ4n) is 1.02. The molecule has 4 heteroatoms. The van der Waals surface area contributed by atoms with Crippen molar-refractivity contribution in [1.82, 2.24) is 0 Å². The fraction of sp³-hybridized carbons (Fsp3) is 0.364. The van der Waals surface area contributed by atoms with Crippen LogP contribution in [0.2, 0.25) is 0 Å². The Balaban J connectivity index is 2.60. The Hall–Kier alpha value is -1.16. The van der Waals surface area contributed by atoms with Crippen LogP contribution >= 0.6 is 11.8 Å². The van der Waals surface area contributed by atoms with Gasteiger partial charge in [0, 0.05) is 10.6 Å². The Morgan fingerprint density at radius 1 is 1.53 bits per heavy atom. The minimum atomic E-state index is -0.766. The van der Waals surface area contributed by atoms with E-state index >= 15 is 0 Å². The summed E-state index contributed by atoms with van der Waals surface area (Å²) in [5.74, 6) is 0.229. The molecule has 0 bridgehead atoms. The molecule has 0 aliphatic rings. The SMILES string of the molecule is COc1ccccc1SCC(C)C(=O)O. The first kappa shape index (κ1) is 11.9. The molecular formula is C11H14O3S. The third-order valence-corrected chi connectivity index (χ3v) is 3.29. The number of carboxylic acids is 1. The smallest absolute Gasteiger partial charge is 0.307 e. The highest BCUT2D eigenvalue weighted by atomic mass is 32.2. The Morgan fingerprint density at radius 3 is 2.80 bits per heavy atom. The van der Waals surface area contributed by atoms with E-state index in [4.69, 9.17) is 9.84 Å². The Bertz CT molecular complexity index is 338. The van der Waals surface area contributed by atoms with Gasteiger partial charge in [-0.05, 0) is 12.1 Å². The van der Waals surface area contributed by atoms with Crippen molar-refractivity contribution < 1.29 is 14.6 Å². The van der Waals surface area contributed by atoms with Gasteiger partial charge in [-0.25, -0.2) is 0 Å². The van der Waals surface area contributed by atoms with Crippen LogP contribution in [0.5, 0.6) is 5.75 Å². The standard InChI is InChI=1S/C11H14O3S/c1-8(11(12)13)7-15-10-6-4-3-5-9(10)14-2/h3-6,8H,7H2,1-2H3,(H,12,13). The summed E-state index contributed by atoms with van der Waals surface area (Å²) in [5.41, 5.74) is 0. The van der Waals surface area contributed by atoms with Crippen molar-refractivity contribution in [2.45, 2.75) is 11.8 Å². The lowest BCUT2D eigenvalue weighted by Gasteiger charge is -2.09. The lowest BCUT2D eigenvalue weighted by Crippen LogP contribution is -2.11. The van der Waals surface area contributed by atoms with Crippen LogP contribution in [0.3, 0.4) is 0 Å². The Morgan fingerprint density at radius 2 is 2.20 bits per heavy atom. The van der Waals surface area contributed by atoms with E-state index < -0.39 is 5.97 Å². The van der Waals surface area contributed by atoms with E-state index in [2.05, 4.69) is 0 Å². The lowest BCUT2D eigenvalue weighted by molar-refractivity contribution is -0.140. The van der Waals surface area contributed by atoms with Crippen LogP contribution in [0.15, 0.2) is 29.2 Å². The molecule has 0 saturated heterocycles. The van der Waals surface area contributed by atoms with Crippen LogP contribution in [-0.2, 0) is 4.79 Å². The zero-order chi connectivity index (χ0) is 11.3. The maximum absolute atomic E-state index is 10.6. The number of rotatable bonds is 5. The molecule has 1 atom stereocenters. The van der Waals surface area contributed by atoms with E-state index in [1.54, 1.807) is 14.0 Å². The number of carbonyl (C=O) groups is 1. The van der Waals surface area contributed by atoms with Gasteiger partial charge in [0.05, 0.1) is 13.0 Å². The molecule has 1 rings (SSSR count). The molecule has 1 aromatic rings. The van der Waals surface area contributed by atoms with Gasteiger partial charge in [-0.1, -0.05) is 19.1 Å². The average molecular weight is 226 g/mol. The van der Waals surface area contributed by atoms with Crippen molar-refractivity contribution in [1.29, 1.82) is 0 Å². The van der Waals surface area contributed by atoms with Crippen LogP contribution in [0.25, 0.3) is 0 Å². The van der Waals surface area contributed by atoms with Gasteiger partial charge in [0.2, 0.25) is 0 Å². The monoisotopic (exact) mass is 226 g/mol. The van der Waals surface area contributed by atoms with E-state index in [1.807, 2.05) is 24.3 Å². The topological polar surface area (TPSA) is 46.5 Å². The number of aliphatic carboxylic acids is 1. The molecule has 1 unspecified atom stereocenters. The first-order chi connectivity index (χ1) is 7.15. The summed E-state index contributed by atoms with van der Waals surface area (Å²) in [5, 5.41) is 8.74. The molecule has 0 radical (unpaired) electrons. The second-order valence-corrected chi connectivity index (χ2v) is 4.26. The quantitative estimate of drug-likeness (QED) is 0.784. The zero-order valence-electron chi connectivity index (χ0n) is 8.77. The molecule has 3 nitrogen and oxygen atoms in total. The number of hydrogen-bond acceptors (Lipinski definition) is 3. The predicted molar refractivity (Wildman–Crippen MR) is 60.5 cm³/mol. The molecule has 0 aliphatic heterocycles. The molecule has 0 amide bonds. The third kappa shape index (κ3) is 3.47. The number of ether oxygens (including phenoxy) is 1. The average Bonchev–Trinajstić information content (AvgIpc) is 2.26. The summed E-state index contributed by atoms with van der Waals surface area (Å²) in [4.78, 5) is 11.6. The third-order valence-electron chi connectivity index (χ3n) is 1.98. The minimum absolute atomic E-state index is 0.347. The van der Waals surface area contributed by atoms with Crippen molar-refractivity contribution in [2.24, 2.45) is 5.92 Å². The van der Waals surface area contributed by atoms with E-state index in [9.17, 15) is 4.79 Å². The van der Waals surface area contributed by atoms with Crippen LogP contribution < -0.4 is 4.74 Å². The maximum atomic E-state index is 10.6. The van der Waals surface area contributed by atoms with E-state index in [0.717, 1.165) is 10.6 Å². The largest absolute Gasteiger partial charge is 0.496 e. The van der Waals surface area contributed by atoms with Crippen molar-refractivity contribution in [3.05, 3.63) is 24.3 Å². The first-order valence-electron chi connectivity index (χ1n) is 4.63. The van der Waals surface area contributed by atoms with Gasteiger partial charge in [0.25, 0.3) is 0 Å². The number of hydrogen-bond donors (Lipinski definition) is 1. The van der Waals surface area contributed by atoms with Crippen molar-refractivity contribution >= 4 is 17.7 Å². The molecule has 82 valence electrons. The summed E-state index contributed by atoms with van der Waals surface area (Å²) in [6.07, 6.45) is 0. The van der Waals surface area contributed by atoms with Gasteiger partial charge in [-0.3, -0.25) is 4.79 Å². The summed E-state index contributed by atoms with van der Waals surface area (Å²) in [6, 6.07) is 7.60. The number of carboxylic acid groups (broad SMARTS) is 1. The predicted octanol–water partition coefficient (Wildman–Crippen LogP) is 2.51. The Kier molecular flexibility index (Phi) is 4.49. The molecule has 1 aromatic carbocycles. The van der Waals surface area contributed by atoms with Crippen molar-refractivity contribution in [3.63, 3.8) is 0 Å². The fourth-order valence-corrected chi connectivity index (χ4v) is 2.06. The summed E-state index contributed by atoms with van der Waals surface area (Å²) < 4.78 is 5.17. The van der Waals surface area contributed by atoms with Crippen LogP contribution in [0.1, 0.15) is 6.92 Å². The van der Waals surface area contributed by atoms with Crippen molar-refractivity contribution in [3.8, 4) is 5.75 Å². The van der Waals surface area contributed by atoms with Gasteiger partial charge >= 0.3 is 5.97 Å². The van der Waals surface area contributed by atoms with E-state index in [-0.39, 0.29) is 5.92 Å². The molecule has 0 fully saturated rings. The van der Waals surface area contributed by atoms with Gasteiger partial charge in [0.1, 0.15) is 5.75 Å². The van der Waals surface area contributed by atoms with Crippen LogP contribution in [0, 0.1) is 5.92 Å². The summed E-state index contributed by atoms with van der Waals surface area (Å²) in [7, 11) is 1.61. The second kappa shape index (κ2) is 5.66. The second-order valence-electron chi connectivity index (χ2n) is 3.20. The molecule has 0 heterocycles. The highest BCUT2D eigenvalue weighted by Crippen LogP contribution is 2.29. The van der Waals surface area contributed by atoms with E-state index in [1.165, 1.54) is 11.8 Å². The number of para-hydroxylation sites is 1. The molecule has 0 saturated carbocycles. The molecule has 0 spiro atoms. The summed E-state index contributed by atoms with van der Waals surface area (Å²) >= 11 is 1.50. The molecule has 15 heavy (non-hydrogen) atoms. The van der Waals surface area contributed by atoms with Gasteiger partial charge in [0.15, 0.2) is 0 Å². The van der Waals surface area contributed by atoms with Crippen molar-refractivity contribution in [2.75, 3.05) is 12.9 Å². The van der Waals surface area contributed by atoms with Gasteiger partial charge in [-0.2, -0.15) is 0 Å². The van der Waals surface area contributed by atoms with Gasteiger partial charge in [-0.15, -0.1) is 11.8 Å². The molecule has 0 aromatic heterocycles. The number of benzene rings is 1. The minimum Gasteiger partial charge on any atom is -0.496 e. The van der Waals surface area contributed by atoms with E-state index in [0.29, 0.717) is 5.75 Å². The number of thioether (sulfide) groups is 1. The summed E-state index contributed by atoms with van der Waals surface area (Å²) in [6.45, 7) is 1.70. The molecule has 1 N–H and O–H groups in total. The van der Waals surface area contributed by atoms with Gasteiger partial charge < -0.3 is 9.84 Å². The van der Waals surface area contributed by atoms with Crippen LogP contribution in [-0.4, -0.2) is 23.9 Å².